The maximum atomic E-state index is 10.9. The van der Waals surface area contributed by atoms with Gasteiger partial charge in [-0.05, 0) is 40.0 Å². The van der Waals surface area contributed by atoms with Crippen LogP contribution < -0.4 is 0 Å². The van der Waals surface area contributed by atoms with E-state index in [1.807, 2.05) is 22.9 Å². The van der Waals surface area contributed by atoms with Crippen LogP contribution in [0.5, 0.6) is 0 Å². The van der Waals surface area contributed by atoms with Crippen molar-refractivity contribution in [3.63, 3.8) is 0 Å². The lowest BCUT2D eigenvalue weighted by Crippen LogP contribution is -2.07. The van der Waals surface area contributed by atoms with Gasteiger partial charge in [0.15, 0.2) is 11.6 Å². The smallest absolute Gasteiger partial charge is 0.303 e. The van der Waals surface area contributed by atoms with Gasteiger partial charge in [-0.1, -0.05) is 74.7 Å². The second-order valence-electron chi connectivity index (χ2n) is 8.65. The topological polar surface area (TPSA) is 122 Å². The average Bonchev–Trinajstić information content (AvgIpc) is 3.53. The number of carboxylic acid groups (broad SMARTS) is 1. The number of unbranched alkanes of at least 4 members (excludes halogenated alkanes) is 3. The fourth-order valence-electron chi connectivity index (χ4n) is 4.13. The Hall–Kier alpha value is -3.88. The number of aliphatic carboxylic acids is 1. The zero-order valence-corrected chi connectivity index (χ0v) is 20.0. The Bertz CT molecular complexity index is 1220. The normalized spacial score (nSPS) is 11.1. The van der Waals surface area contributed by atoms with Crippen LogP contribution >= 0.6 is 0 Å². The number of carboxylic acids is 1. The highest BCUT2D eigenvalue weighted by Crippen LogP contribution is 2.29. The van der Waals surface area contributed by atoms with Crippen LogP contribution in [0.2, 0.25) is 0 Å². The summed E-state index contributed by atoms with van der Waals surface area (Å²) >= 11 is 0. The summed E-state index contributed by atoms with van der Waals surface area (Å²) in [5.41, 5.74) is 4.20. The van der Waals surface area contributed by atoms with Crippen molar-refractivity contribution in [3.8, 4) is 22.5 Å². The van der Waals surface area contributed by atoms with Gasteiger partial charge in [0.05, 0.1) is 6.54 Å². The molecular formula is C26H31N7O2. The fourth-order valence-corrected chi connectivity index (χ4v) is 4.13. The van der Waals surface area contributed by atoms with Crippen molar-refractivity contribution in [1.29, 1.82) is 0 Å². The molecule has 0 radical (unpaired) electrons. The summed E-state index contributed by atoms with van der Waals surface area (Å²) < 4.78 is 1.98. The van der Waals surface area contributed by atoms with Crippen LogP contribution in [0.4, 0.5) is 0 Å². The Balaban J connectivity index is 1.50. The van der Waals surface area contributed by atoms with Gasteiger partial charge in [0, 0.05) is 24.8 Å². The minimum atomic E-state index is -0.787. The summed E-state index contributed by atoms with van der Waals surface area (Å²) in [7, 11) is 0. The van der Waals surface area contributed by atoms with E-state index < -0.39 is 5.97 Å². The molecule has 0 unspecified atom stereocenters. The number of carbonyl (C=O) groups is 1. The molecule has 9 heteroatoms. The Kier molecular flexibility index (Phi) is 8.32. The largest absolute Gasteiger partial charge is 0.481 e. The number of hydrogen-bond donors (Lipinski definition) is 2. The number of aromatic amines is 1. The van der Waals surface area contributed by atoms with E-state index in [9.17, 15) is 4.79 Å². The molecule has 0 saturated heterocycles. The predicted molar refractivity (Wildman–Crippen MR) is 133 cm³/mol. The molecule has 2 N–H and O–H groups in total. The van der Waals surface area contributed by atoms with E-state index in [0.29, 0.717) is 25.2 Å². The van der Waals surface area contributed by atoms with Crippen molar-refractivity contribution in [3.05, 3.63) is 65.7 Å². The molecule has 0 fully saturated rings. The first-order valence-electron chi connectivity index (χ1n) is 12.2. The zero-order valence-electron chi connectivity index (χ0n) is 20.0. The standard InChI is InChI=1S/C26H31N7O2/c1-2-3-4-5-12-24-27-23(11-8-13-25(34)35)30-33(24)18-19-14-16-20(17-15-19)21-9-6-7-10-22(21)26-28-31-32-29-26/h6-7,9-10,14-17H,2-5,8,11-13,18H2,1H3,(H,34,35)(H,28,29,31,32). The molecule has 0 atom stereocenters. The Labute approximate surface area is 204 Å². The molecule has 182 valence electrons. The molecule has 2 heterocycles. The van der Waals surface area contributed by atoms with E-state index in [1.54, 1.807) is 0 Å². The first kappa shape index (κ1) is 24.3. The molecule has 4 rings (SSSR count). The first-order chi connectivity index (χ1) is 17.1. The van der Waals surface area contributed by atoms with Crippen molar-refractivity contribution in [1.82, 2.24) is 35.4 Å². The highest BCUT2D eigenvalue weighted by molar-refractivity contribution is 5.80. The highest BCUT2D eigenvalue weighted by atomic mass is 16.4. The predicted octanol–water partition coefficient (Wildman–Crippen LogP) is 4.70. The maximum Gasteiger partial charge on any atom is 0.303 e. The van der Waals surface area contributed by atoms with E-state index in [2.05, 4.69) is 57.9 Å². The van der Waals surface area contributed by atoms with Gasteiger partial charge in [0.1, 0.15) is 5.82 Å². The third kappa shape index (κ3) is 6.59. The van der Waals surface area contributed by atoms with Crippen LogP contribution in [0.1, 0.15) is 62.7 Å². The summed E-state index contributed by atoms with van der Waals surface area (Å²) in [6.45, 7) is 2.83. The van der Waals surface area contributed by atoms with Crippen molar-refractivity contribution in [2.24, 2.45) is 0 Å². The van der Waals surface area contributed by atoms with Gasteiger partial charge in [0.25, 0.3) is 0 Å². The molecule has 2 aromatic heterocycles. The number of rotatable bonds is 13. The van der Waals surface area contributed by atoms with Gasteiger partial charge >= 0.3 is 5.97 Å². The van der Waals surface area contributed by atoms with Crippen molar-refractivity contribution < 1.29 is 9.90 Å². The van der Waals surface area contributed by atoms with E-state index in [1.165, 1.54) is 19.3 Å². The Morgan fingerprint density at radius 3 is 2.49 bits per heavy atom. The van der Waals surface area contributed by atoms with E-state index in [-0.39, 0.29) is 6.42 Å². The van der Waals surface area contributed by atoms with Gasteiger partial charge in [-0.15, -0.1) is 5.10 Å². The molecule has 9 nitrogen and oxygen atoms in total. The van der Waals surface area contributed by atoms with Gasteiger partial charge in [-0.25, -0.2) is 14.8 Å². The summed E-state index contributed by atoms with van der Waals surface area (Å²) in [5.74, 6) is 1.54. The monoisotopic (exact) mass is 473 g/mol. The van der Waals surface area contributed by atoms with E-state index in [0.717, 1.165) is 46.7 Å². The number of benzene rings is 2. The molecule has 0 aliphatic carbocycles. The lowest BCUT2D eigenvalue weighted by Gasteiger charge is -2.09. The van der Waals surface area contributed by atoms with Crippen molar-refractivity contribution in [2.45, 2.75) is 64.8 Å². The number of aromatic nitrogens is 7. The van der Waals surface area contributed by atoms with Gasteiger partial charge in [0.2, 0.25) is 0 Å². The lowest BCUT2D eigenvalue weighted by molar-refractivity contribution is -0.137. The van der Waals surface area contributed by atoms with Crippen molar-refractivity contribution in [2.75, 3.05) is 0 Å². The SMILES string of the molecule is CCCCCCc1nc(CCCC(=O)O)nn1Cc1ccc(-c2ccccc2-c2nnn[nH]2)cc1. The van der Waals surface area contributed by atoms with Crippen LogP contribution in [-0.2, 0) is 24.2 Å². The number of nitrogens with one attached hydrogen (secondary N) is 1. The minimum Gasteiger partial charge on any atom is -0.481 e. The quantitative estimate of drug-likeness (QED) is 0.270. The molecule has 35 heavy (non-hydrogen) atoms. The number of H-pyrrole nitrogens is 1. The molecule has 0 spiro atoms. The average molecular weight is 474 g/mol. The molecule has 0 amide bonds. The third-order valence-corrected chi connectivity index (χ3v) is 5.96. The van der Waals surface area contributed by atoms with Crippen LogP contribution in [0.15, 0.2) is 48.5 Å². The van der Waals surface area contributed by atoms with Gasteiger partial charge in [-0.2, -0.15) is 5.10 Å². The van der Waals surface area contributed by atoms with Crippen LogP contribution in [0.25, 0.3) is 22.5 Å². The second-order valence-corrected chi connectivity index (χ2v) is 8.65. The van der Waals surface area contributed by atoms with Crippen LogP contribution in [0, 0.1) is 0 Å². The van der Waals surface area contributed by atoms with Gasteiger partial charge < -0.3 is 5.11 Å². The van der Waals surface area contributed by atoms with Gasteiger partial charge in [-0.3, -0.25) is 4.79 Å². The van der Waals surface area contributed by atoms with E-state index >= 15 is 0 Å². The van der Waals surface area contributed by atoms with Crippen LogP contribution in [-0.4, -0.2) is 46.5 Å². The fraction of sp³-hybridized carbons (Fsp3) is 0.385. The van der Waals surface area contributed by atoms with Crippen LogP contribution in [0.3, 0.4) is 0 Å². The molecule has 0 aliphatic rings. The third-order valence-electron chi connectivity index (χ3n) is 5.96. The summed E-state index contributed by atoms with van der Waals surface area (Å²) in [6.07, 6.45) is 6.79. The molecule has 0 saturated carbocycles. The molecule has 4 aromatic rings. The molecule has 0 aliphatic heterocycles. The number of hydrogen-bond acceptors (Lipinski definition) is 6. The molecule has 0 bridgehead atoms. The number of aryl methyl sites for hydroxylation is 2. The summed E-state index contributed by atoms with van der Waals surface area (Å²) in [6, 6.07) is 16.4. The number of tetrazole rings is 1. The van der Waals surface area contributed by atoms with Crippen molar-refractivity contribution >= 4 is 5.97 Å². The Morgan fingerprint density at radius 2 is 1.77 bits per heavy atom. The number of nitrogens with zero attached hydrogens (tertiary/aromatic N) is 6. The summed E-state index contributed by atoms with van der Waals surface area (Å²) in [5, 5.41) is 27.9. The minimum absolute atomic E-state index is 0.132. The summed E-state index contributed by atoms with van der Waals surface area (Å²) in [4.78, 5) is 15.6. The maximum absolute atomic E-state index is 10.9. The first-order valence-corrected chi connectivity index (χ1v) is 12.2. The lowest BCUT2D eigenvalue weighted by atomic mass is 9.98. The molecule has 2 aromatic carbocycles. The Morgan fingerprint density at radius 1 is 0.971 bits per heavy atom. The second kappa shape index (κ2) is 12.0. The van der Waals surface area contributed by atoms with E-state index in [4.69, 9.17) is 15.2 Å². The molecular weight excluding hydrogens is 442 g/mol. The zero-order chi connectivity index (χ0) is 24.5. The highest BCUT2D eigenvalue weighted by Gasteiger charge is 2.13.